The third kappa shape index (κ3) is 6.25. The van der Waals surface area contributed by atoms with Gasteiger partial charge in [0.2, 0.25) is 0 Å². The molecule has 0 bridgehead atoms. The second kappa shape index (κ2) is 12.5. The van der Waals surface area contributed by atoms with E-state index in [1.54, 1.807) is 6.20 Å². The van der Waals surface area contributed by atoms with Crippen LogP contribution in [0.4, 0.5) is 4.79 Å². The van der Waals surface area contributed by atoms with E-state index >= 15 is 0 Å². The second-order valence-electron chi connectivity index (χ2n) is 14.1. The average molecular weight is 628 g/mol. The van der Waals surface area contributed by atoms with E-state index in [9.17, 15) is 14.7 Å². The van der Waals surface area contributed by atoms with Crippen molar-refractivity contribution in [2.24, 2.45) is 5.41 Å². The van der Waals surface area contributed by atoms with Crippen molar-refractivity contribution in [1.29, 1.82) is 0 Å². The quantitative estimate of drug-likeness (QED) is 0.168. The topological polar surface area (TPSA) is 147 Å². The van der Waals surface area contributed by atoms with Crippen LogP contribution in [-0.4, -0.2) is 60.0 Å². The molecule has 11 heteroatoms. The average Bonchev–Trinajstić information content (AvgIpc) is 3.78. The Kier molecular flexibility index (Phi) is 8.62. The highest BCUT2D eigenvalue weighted by Gasteiger charge is 2.39. The molecule has 1 saturated carbocycles. The number of carbonyl (C=O) groups excluding carboxylic acids is 1. The van der Waals surface area contributed by atoms with Crippen LogP contribution < -0.4 is 10.6 Å². The number of pyridine rings is 1. The van der Waals surface area contributed by atoms with Crippen LogP contribution in [0.5, 0.6) is 0 Å². The molecule has 6 rings (SSSR count). The molecule has 46 heavy (non-hydrogen) atoms. The fourth-order valence-corrected chi connectivity index (χ4v) is 6.66. The van der Waals surface area contributed by atoms with Gasteiger partial charge < -0.3 is 25.5 Å². The largest absolute Gasteiger partial charge is 0.465 e. The van der Waals surface area contributed by atoms with Crippen LogP contribution >= 0.6 is 0 Å². The van der Waals surface area contributed by atoms with Gasteiger partial charge in [0.05, 0.1) is 11.7 Å². The first kappa shape index (κ1) is 31.7. The summed E-state index contributed by atoms with van der Waals surface area (Å²) in [6.45, 7) is 10.8. The van der Waals surface area contributed by atoms with Gasteiger partial charge in [-0.05, 0) is 86.6 Å². The number of nitrogens with zero attached hydrogens (tertiary/aromatic N) is 4. The molecule has 4 heterocycles. The second-order valence-corrected chi connectivity index (χ2v) is 14.1. The standard InChI is InChI=1S/C35H45N7O4/c1-21-23(17-35(5,34(2,3)4)40-33(44)45)18-36-19-26(21)22-13-14-28-25(16-22)30(41-42(28)29-12-8-9-15-46-29)31-37-20-27(39-31)32(43)38-24-10-6-7-11-24/h13-14,16,18-20,24,29,40H,6-12,15,17H2,1-5H3,(H,37,39)(H,38,43)(H,44,45). The molecule has 1 aromatic carbocycles. The Balaban J connectivity index is 1.39. The van der Waals surface area contributed by atoms with Crippen LogP contribution in [0.2, 0.25) is 0 Å². The molecule has 3 aromatic heterocycles. The van der Waals surface area contributed by atoms with E-state index in [0.717, 1.165) is 78.1 Å². The lowest BCUT2D eigenvalue weighted by molar-refractivity contribution is -0.0365. The number of aromatic amines is 1. The maximum absolute atomic E-state index is 13.0. The third-order valence-electron chi connectivity index (χ3n) is 10.1. The lowest BCUT2D eigenvalue weighted by Gasteiger charge is -2.42. The summed E-state index contributed by atoms with van der Waals surface area (Å²) in [5.74, 6) is 0.376. The smallest absolute Gasteiger partial charge is 0.405 e. The number of rotatable bonds is 8. The first-order valence-corrected chi connectivity index (χ1v) is 16.4. The molecule has 0 spiro atoms. The van der Waals surface area contributed by atoms with Gasteiger partial charge in [-0.15, -0.1) is 0 Å². The van der Waals surface area contributed by atoms with E-state index in [2.05, 4.69) is 50.7 Å². The van der Waals surface area contributed by atoms with Crippen LogP contribution in [0, 0.1) is 12.3 Å². The molecule has 4 N–H and O–H groups in total. The lowest BCUT2D eigenvalue weighted by Crippen LogP contribution is -2.56. The number of carboxylic acid groups (broad SMARTS) is 1. The molecule has 2 atom stereocenters. The summed E-state index contributed by atoms with van der Waals surface area (Å²) in [6.07, 6.45) is 11.8. The SMILES string of the molecule is Cc1c(CC(C)(NC(=O)O)C(C)(C)C)cncc1-c1ccc2c(c1)c(-c1ncc(C(=O)NC3CCCC3)[nH]1)nn2C1CCCCO1. The van der Waals surface area contributed by atoms with Gasteiger partial charge in [0.25, 0.3) is 5.91 Å². The molecule has 1 saturated heterocycles. The number of amides is 2. The number of benzene rings is 1. The van der Waals surface area contributed by atoms with Gasteiger partial charge >= 0.3 is 6.09 Å². The summed E-state index contributed by atoms with van der Waals surface area (Å²) in [5, 5.41) is 21.4. The third-order valence-corrected chi connectivity index (χ3v) is 10.1. The summed E-state index contributed by atoms with van der Waals surface area (Å²) in [6, 6.07) is 6.44. The predicted octanol–water partition coefficient (Wildman–Crippen LogP) is 6.78. The fourth-order valence-electron chi connectivity index (χ4n) is 6.66. The zero-order valence-corrected chi connectivity index (χ0v) is 27.4. The van der Waals surface area contributed by atoms with Crippen LogP contribution in [0.3, 0.4) is 0 Å². The summed E-state index contributed by atoms with van der Waals surface area (Å²) in [4.78, 5) is 37.2. The van der Waals surface area contributed by atoms with Gasteiger partial charge in [0.15, 0.2) is 12.1 Å². The maximum atomic E-state index is 13.0. The highest BCUT2D eigenvalue weighted by Crippen LogP contribution is 2.38. The minimum absolute atomic E-state index is 0.149. The summed E-state index contributed by atoms with van der Waals surface area (Å²) >= 11 is 0. The van der Waals surface area contributed by atoms with Gasteiger partial charge in [0, 0.05) is 41.5 Å². The van der Waals surface area contributed by atoms with Crippen molar-refractivity contribution in [2.45, 2.75) is 104 Å². The normalized spacial score (nSPS) is 18.8. The number of ether oxygens (including phenoxy) is 1. The Labute approximate surface area is 269 Å². The highest BCUT2D eigenvalue weighted by atomic mass is 16.5. The zero-order valence-electron chi connectivity index (χ0n) is 27.4. The Morgan fingerprint density at radius 2 is 1.83 bits per heavy atom. The van der Waals surface area contributed by atoms with Crippen LogP contribution in [-0.2, 0) is 11.2 Å². The van der Waals surface area contributed by atoms with Crippen molar-refractivity contribution in [3.63, 3.8) is 0 Å². The molecule has 2 aliphatic rings. The molecular weight excluding hydrogens is 582 g/mol. The van der Waals surface area contributed by atoms with Crippen molar-refractivity contribution in [3.8, 4) is 22.6 Å². The van der Waals surface area contributed by atoms with E-state index in [1.165, 1.54) is 0 Å². The van der Waals surface area contributed by atoms with Crippen molar-refractivity contribution in [1.82, 2.24) is 35.4 Å². The minimum Gasteiger partial charge on any atom is -0.465 e. The Hall–Kier alpha value is -4.25. The number of H-pyrrole nitrogens is 1. The summed E-state index contributed by atoms with van der Waals surface area (Å²) in [7, 11) is 0. The number of nitrogens with one attached hydrogen (secondary N) is 3. The molecule has 4 aromatic rings. The van der Waals surface area contributed by atoms with Gasteiger partial charge in [0.1, 0.15) is 11.4 Å². The number of fused-ring (bicyclic) bond motifs is 1. The van der Waals surface area contributed by atoms with Crippen molar-refractivity contribution in [3.05, 3.63) is 53.6 Å². The van der Waals surface area contributed by atoms with Gasteiger partial charge in [-0.25, -0.2) is 14.5 Å². The Morgan fingerprint density at radius 1 is 1.07 bits per heavy atom. The minimum atomic E-state index is -1.05. The van der Waals surface area contributed by atoms with Crippen LogP contribution in [0.1, 0.15) is 100 Å². The molecule has 244 valence electrons. The van der Waals surface area contributed by atoms with E-state index in [1.807, 2.05) is 44.8 Å². The first-order chi connectivity index (χ1) is 21.9. The molecule has 1 aliphatic heterocycles. The monoisotopic (exact) mass is 627 g/mol. The van der Waals surface area contributed by atoms with Crippen molar-refractivity contribution in [2.75, 3.05) is 6.61 Å². The molecular formula is C35H45N7O4. The maximum Gasteiger partial charge on any atom is 0.405 e. The van der Waals surface area contributed by atoms with Crippen LogP contribution in [0.15, 0.2) is 36.8 Å². The van der Waals surface area contributed by atoms with E-state index in [-0.39, 0.29) is 23.6 Å². The van der Waals surface area contributed by atoms with E-state index < -0.39 is 11.6 Å². The lowest BCUT2D eigenvalue weighted by atomic mass is 9.71. The number of hydrogen-bond acceptors (Lipinski definition) is 6. The van der Waals surface area contributed by atoms with Gasteiger partial charge in [-0.3, -0.25) is 9.78 Å². The zero-order chi connectivity index (χ0) is 32.6. The number of carbonyl (C=O) groups is 2. The molecule has 0 radical (unpaired) electrons. The number of hydrogen-bond donors (Lipinski definition) is 4. The molecule has 2 fully saturated rings. The molecule has 11 nitrogen and oxygen atoms in total. The predicted molar refractivity (Wildman–Crippen MR) is 177 cm³/mol. The van der Waals surface area contributed by atoms with Crippen LogP contribution in [0.25, 0.3) is 33.5 Å². The number of imidazole rings is 1. The number of aromatic nitrogens is 5. The van der Waals surface area contributed by atoms with E-state index in [0.29, 0.717) is 30.2 Å². The first-order valence-electron chi connectivity index (χ1n) is 16.4. The Bertz CT molecular complexity index is 1740. The molecule has 1 aliphatic carbocycles. The van der Waals surface area contributed by atoms with Gasteiger partial charge in [-0.2, -0.15) is 5.10 Å². The summed E-state index contributed by atoms with van der Waals surface area (Å²) in [5.41, 5.74) is 4.85. The summed E-state index contributed by atoms with van der Waals surface area (Å²) < 4.78 is 8.08. The molecule has 2 amide bonds. The highest BCUT2D eigenvalue weighted by molar-refractivity contribution is 5.97. The van der Waals surface area contributed by atoms with Gasteiger partial charge in [-0.1, -0.05) is 39.7 Å². The fraction of sp³-hybridized carbons (Fsp3) is 0.514. The Morgan fingerprint density at radius 3 is 2.52 bits per heavy atom. The van der Waals surface area contributed by atoms with Crippen molar-refractivity contribution < 1.29 is 19.4 Å². The van der Waals surface area contributed by atoms with Crippen molar-refractivity contribution >= 4 is 22.9 Å². The van der Waals surface area contributed by atoms with E-state index in [4.69, 9.17) is 9.84 Å². The molecule has 2 unspecified atom stereocenters.